The molecule has 3 aromatic rings. The number of carbonyl (C=O) groups excluding carboxylic acids is 2. The highest BCUT2D eigenvalue weighted by atomic mass is 16.5. The first-order valence-electron chi connectivity index (χ1n) is 13.2. The SMILES string of the molecule is CCC(=O)N1CCc2ccc(OCc3ccc(C(=O)N4CCN[C@H](C)C4)o3)cc2[C@H]1c1cccc(C)c1. The molecule has 2 aromatic carbocycles. The Morgan fingerprint density at radius 2 is 1.97 bits per heavy atom. The van der Waals surface area contributed by atoms with Crippen molar-refractivity contribution in [3.63, 3.8) is 0 Å². The Hall–Kier alpha value is -3.58. The number of rotatable bonds is 6. The molecule has 37 heavy (non-hydrogen) atoms. The highest BCUT2D eigenvalue weighted by Gasteiger charge is 2.32. The molecule has 0 radical (unpaired) electrons. The van der Waals surface area contributed by atoms with Crippen LogP contribution in [0.5, 0.6) is 5.75 Å². The molecule has 2 atom stereocenters. The van der Waals surface area contributed by atoms with E-state index in [0.29, 0.717) is 43.3 Å². The van der Waals surface area contributed by atoms with Gasteiger partial charge in [-0.15, -0.1) is 0 Å². The number of nitrogens with one attached hydrogen (secondary N) is 1. The van der Waals surface area contributed by atoms with Gasteiger partial charge in [-0.2, -0.15) is 0 Å². The molecule has 1 aromatic heterocycles. The quantitative estimate of drug-likeness (QED) is 0.539. The van der Waals surface area contributed by atoms with Crippen LogP contribution >= 0.6 is 0 Å². The van der Waals surface area contributed by atoms with Gasteiger partial charge in [0.1, 0.15) is 18.1 Å². The van der Waals surface area contributed by atoms with E-state index in [-0.39, 0.29) is 30.5 Å². The number of piperazine rings is 1. The minimum atomic E-state index is -0.145. The maximum absolute atomic E-state index is 12.9. The zero-order valence-electron chi connectivity index (χ0n) is 21.8. The van der Waals surface area contributed by atoms with E-state index >= 15 is 0 Å². The third kappa shape index (κ3) is 5.42. The van der Waals surface area contributed by atoms with E-state index in [1.807, 2.05) is 28.9 Å². The van der Waals surface area contributed by atoms with Gasteiger partial charge in [-0.25, -0.2) is 0 Å². The lowest BCUT2D eigenvalue weighted by Crippen LogP contribution is -2.51. The third-order valence-corrected chi connectivity index (χ3v) is 7.24. The molecule has 0 aliphatic carbocycles. The number of furan rings is 1. The standard InChI is InChI=1S/C30H35N3O4/c1-4-28(34)33-14-12-22-8-9-24(17-26(22)29(33)23-7-5-6-20(2)16-23)36-19-25-10-11-27(37-25)30(35)32-15-13-31-21(3)18-32/h5-11,16-17,21,29,31H,4,12-15,18-19H2,1-3H3/t21-,29-/m1/s1. The van der Waals surface area contributed by atoms with Crippen molar-refractivity contribution < 1.29 is 18.7 Å². The fraction of sp³-hybridized carbons (Fsp3) is 0.400. The molecule has 194 valence electrons. The molecular formula is C30H35N3O4. The van der Waals surface area contributed by atoms with Crippen LogP contribution in [-0.2, 0) is 17.8 Å². The van der Waals surface area contributed by atoms with Crippen LogP contribution in [0.3, 0.4) is 0 Å². The average Bonchev–Trinajstić information content (AvgIpc) is 3.39. The molecule has 1 fully saturated rings. The summed E-state index contributed by atoms with van der Waals surface area (Å²) < 4.78 is 12.0. The summed E-state index contributed by atoms with van der Waals surface area (Å²) in [5.41, 5.74) is 4.60. The van der Waals surface area contributed by atoms with Gasteiger partial charge in [0.15, 0.2) is 5.76 Å². The van der Waals surface area contributed by atoms with Crippen molar-refractivity contribution in [1.82, 2.24) is 15.1 Å². The number of aryl methyl sites for hydroxylation is 1. The largest absolute Gasteiger partial charge is 0.486 e. The fourth-order valence-corrected chi connectivity index (χ4v) is 5.35. The summed E-state index contributed by atoms with van der Waals surface area (Å²) in [6.07, 6.45) is 1.29. The van der Waals surface area contributed by atoms with Gasteiger partial charge in [0, 0.05) is 38.6 Å². The lowest BCUT2D eigenvalue weighted by molar-refractivity contribution is -0.132. The van der Waals surface area contributed by atoms with Crippen molar-refractivity contribution in [3.8, 4) is 5.75 Å². The molecule has 3 heterocycles. The molecule has 7 heteroatoms. The summed E-state index contributed by atoms with van der Waals surface area (Å²) in [6, 6.07) is 18.1. The number of ether oxygens (including phenoxy) is 1. The van der Waals surface area contributed by atoms with Crippen LogP contribution < -0.4 is 10.1 Å². The van der Waals surface area contributed by atoms with E-state index in [0.717, 1.165) is 24.1 Å². The first-order chi connectivity index (χ1) is 17.9. The summed E-state index contributed by atoms with van der Waals surface area (Å²) in [5.74, 6) is 1.71. The van der Waals surface area contributed by atoms with Gasteiger partial charge in [0.05, 0.1) is 6.04 Å². The van der Waals surface area contributed by atoms with E-state index in [1.165, 1.54) is 11.1 Å². The van der Waals surface area contributed by atoms with Crippen LogP contribution in [0.2, 0.25) is 0 Å². The van der Waals surface area contributed by atoms with Crippen molar-refractivity contribution in [2.45, 2.75) is 52.3 Å². The Balaban J connectivity index is 1.34. The van der Waals surface area contributed by atoms with E-state index in [1.54, 1.807) is 12.1 Å². The van der Waals surface area contributed by atoms with Crippen LogP contribution in [-0.4, -0.2) is 53.8 Å². The Morgan fingerprint density at radius 3 is 2.76 bits per heavy atom. The Kier molecular flexibility index (Phi) is 7.33. The van der Waals surface area contributed by atoms with Crippen LogP contribution in [0, 0.1) is 6.92 Å². The number of carbonyl (C=O) groups is 2. The van der Waals surface area contributed by atoms with Crippen LogP contribution in [0.15, 0.2) is 59.0 Å². The normalized spacial score (nSPS) is 19.4. The Labute approximate surface area is 218 Å². The van der Waals surface area contributed by atoms with E-state index in [2.05, 4.69) is 49.5 Å². The number of hydrogen-bond donors (Lipinski definition) is 1. The summed E-state index contributed by atoms with van der Waals surface area (Å²) in [7, 11) is 0. The second kappa shape index (κ2) is 10.8. The molecule has 7 nitrogen and oxygen atoms in total. The number of hydrogen-bond acceptors (Lipinski definition) is 5. The monoisotopic (exact) mass is 501 g/mol. The smallest absolute Gasteiger partial charge is 0.289 e. The van der Waals surface area contributed by atoms with E-state index < -0.39 is 0 Å². The molecule has 1 saturated heterocycles. The zero-order valence-corrected chi connectivity index (χ0v) is 21.8. The van der Waals surface area contributed by atoms with E-state index in [9.17, 15) is 9.59 Å². The molecule has 5 rings (SSSR count). The van der Waals surface area contributed by atoms with Crippen LogP contribution in [0.25, 0.3) is 0 Å². The predicted molar refractivity (Wildman–Crippen MR) is 142 cm³/mol. The van der Waals surface area contributed by atoms with Crippen molar-refractivity contribution in [2.75, 3.05) is 26.2 Å². The number of fused-ring (bicyclic) bond motifs is 1. The molecule has 1 N–H and O–H groups in total. The lowest BCUT2D eigenvalue weighted by Gasteiger charge is -2.38. The number of benzene rings is 2. The van der Waals surface area contributed by atoms with Gasteiger partial charge >= 0.3 is 0 Å². The zero-order chi connectivity index (χ0) is 25.9. The second-order valence-electron chi connectivity index (χ2n) is 10.0. The minimum Gasteiger partial charge on any atom is -0.486 e. The van der Waals surface area contributed by atoms with Gasteiger partial charge in [0.2, 0.25) is 5.91 Å². The molecule has 2 amide bonds. The van der Waals surface area contributed by atoms with Gasteiger partial charge in [-0.05, 0) is 61.2 Å². The molecule has 2 aliphatic heterocycles. The highest BCUT2D eigenvalue weighted by molar-refractivity contribution is 5.91. The van der Waals surface area contributed by atoms with Gasteiger partial charge in [-0.3, -0.25) is 9.59 Å². The molecule has 2 aliphatic rings. The van der Waals surface area contributed by atoms with Crippen LogP contribution in [0.4, 0.5) is 0 Å². The third-order valence-electron chi connectivity index (χ3n) is 7.24. The van der Waals surface area contributed by atoms with Crippen molar-refractivity contribution >= 4 is 11.8 Å². The molecule has 0 bridgehead atoms. The van der Waals surface area contributed by atoms with Crippen molar-refractivity contribution in [2.24, 2.45) is 0 Å². The number of amides is 2. The average molecular weight is 502 g/mol. The van der Waals surface area contributed by atoms with Gasteiger partial charge in [0.25, 0.3) is 5.91 Å². The maximum Gasteiger partial charge on any atom is 0.289 e. The first-order valence-corrected chi connectivity index (χ1v) is 13.2. The predicted octanol–water partition coefficient (Wildman–Crippen LogP) is 4.49. The minimum absolute atomic E-state index is 0.0879. The highest BCUT2D eigenvalue weighted by Crippen LogP contribution is 2.38. The van der Waals surface area contributed by atoms with Crippen molar-refractivity contribution in [3.05, 3.63) is 88.4 Å². The van der Waals surface area contributed by atoms with Gasteiger partial charge < -0.3 is 24.3 Å². The summed E-state index contributed by atoms with van der Waals surface area (Å²) >= 11 is 0. The fourth-order valence-electron chi connectivity index (χ4n) is 5.35. The molecular weight excluding hydrogens is 466 g/mol. The summed E-state index contributed by atoms with van der Waals surface area (Å²) in [6.45, 7) is 9.10. The molecule has 0 spiro atoms. The lowest BCUT2D eigenvalue weighted by atomic mass is 9.87. The molecule has 0 saturated carbocycles. The van der Waals surface area contributed by atoms with Crippen molar-refractivity contribution in [1.29, 1.82) is 0 Å². The Morgan fingerprint density at radius 1 is 1.11 bits per heavy atom. The topological polar surface area (TPSA) is 75.0 Å². The van der Waals surface area contributed by atoms with E-state index in [4.69, 9.17) is 9.15 Å². The van der Waals surface area contributed by atoms with Gasteiger partial charge in [-0.1, -0.05) is 42.8 Å². The maximum atomic E-state index is 12.9. The molecule has 0 unspecified atom stereocenters. The number of nitrogens with zero attached hydrogens (tertiary/aromatic N) is 2. The van der Waals surface area contributed by atoms with Crippen LogP contribution in [0.1, 0.15) is 64.9 Å². The Bertz CT molecular complexity index is 1280. The second-order valence-corrected chi connectivity index (χ2v) is 10.0. The summed E-state index contributed by atoms with van der Waals surface area (Å²) in [5, 5.41) is 3.35. The first kappa shape index (κ1) is 25.1. The summed E-state index contributed by atoms with van der Waals surface area (Å²) in [4.78, 5) is 29.5.